The summed E-state index contributed by atoms with van der Waals surface area (Å²) < 4.78 is 9.79. The van der Waals surface area contributed by atoms with Crippen LogP contribution in [0.15, 0.2) is 22.6 Å². The van der Waals surface area contributed by atoms with Gasteiger partial charge in [0.05, 0.1) is 11.4 Å². The lowest BCUT2D eigenvalue weighted by Gasteiger charge is -2.15. The van der Waals surface area contributed by atoms with Crippen LogP contribution in [0.3, 0.4) is 0 Å². The molecule has 0 fully saturated rings. The molecule has 19 heavy (non-hydrogen) atoms. The molecule has 6 heteroatoms. The maximum atomic E-state index is 5.90. The maximum absolute atomic E-state index is 5.90. The van der Waals surface area contributed by atoms with Crippen LogP contribution in [0.1, 0.15) is 26.5 Å². The summed E-state index contributed by atoms with van der Waals surface area (Å²) in [5.41, 5.74) is 8.67. The maximum Gasteiger partial charge on any atom is 0.241 e. The standard InChI is InChI=1S/C13H14N4OS/c1-13(2,3)11-10(19-17-16-11)12-15-9-7(14)5-4-6-8(9)18-12/h4-6H,14H2,1-3H3. The van der Waals surface area contributed by atoms with Crippen LogP contribution < -0.4 is 5.73 Å². The summed E-state index contributed by atoms with van der Waals surface area (Å²) in [6.45, 7) is 6.26. The molecular weight excluding hydrogens is 260 g/mol. The Hall–Kier alpha value is -1.95. The number of fused-ring (bicyclic) bond motifs is 1. The average molecular weight is 274 g/mol. The van der Waals surface area contributed by atoms with Crippen molar-refractivity contribution in [2.45, 2.75) is 26.2 Å². The number of para-hydroxylation sites is 1. The lowest BCUT2D eigenvalue weighted by molar-refractivity contribution is 0.561. The highest BCUT2D eigenvalue weighted by Gasteiger charge is 2.26. The van der Waals surface area contributed by atoms with Gasteiger partial charge in [-0.1, -0.05) is 31.3 Å². The van der Waals surface area contributed by atoms with Gasteiger partial charge in [0, 0.05) is 5.41 Å². The summed E-state index contributed by atoms with van der Waals surface area (Å²) in [6.07, 6.45) is 0. The van der Waals surface area contributed by atoms with E-state index in [-0.39, 0.29) is 5.41 Å². The van der Waals surface area contributed by atoms with Crippen molar-refractivity contribution in [2.75, 3.05) is 5.73 Å². The number of oxazole rings is 1. The van der Waals surface area contributed by atoms with Crippen LogP contribution in [0.4, 0.5) is 5.69 Å². The topological polar surface area (TPSA) is 77.8 Å². The monoisotopic (exact) mass is 274 g/mol. The second kappa shape index (κ2) is 4.03. The smallest absolute Gasteiger partial charge is 0.241 e. The van der Waals surface area contributed by atoms with Gasteiger partial charge < -0.3 is 10.2 Å². The molecule has 0 aliphatic rings. The minimum atomic E-state index is -0.103. The van der Waals surface area contributed by atoms with Gasteiger partial charge in [0.2, 0.25) is 5.89 Å². The normalized spacial score (nSPS) is 12.2. The number of rotatable bonds is 1. The first-order valence-electron chi connectivity index (χ1n) is 5.95. The number of benzene rings is 1. The van der Waals surface area contributed by atoms with Crippen molar-refractivity contribution in [1.29, 1.82) is 0 Å². The fourth-order valence-electron chi connectivity index (χ4n) is 1.89. The molecule has 2 heterocycles. The number of anilines is 1. The van der Waals surface area contributed by atoms with Crippen LogP contribution in [0, 0.1) is 0 Å². The summed E-state index contributed by atoms with van der Waals surface area (Å²) in [4.78, 5) is 5.33. The summed E-state index contributed by atoms with van der Waals surface area (Å²) in [6, 6.07) is 5.51. The van der Waals surface area contributed by atoms with Crippen LogP contribution in [0.25, 0.3) is 21.9 Å². The molecule has 0 atom stereocenters. The van der Waals surface area contributed by atoms with Crippen LogP contribution in [0.2, 0.25) is 0 Å². The summed E-state index contributed by atoms with van der Waals surface area (Å²) in [7, 11) is 0. The third kappa shape index (κ3) is 1.98. The molecule has 0 spiro atoms. The largest absolute Gasteiger partial charge is 0.435 e. The van der Waals surface area contributed by atoms with Gasteiger partial charge in [-0.15, -0.1) is 5.10 Å². The summed E-state index contributed by atoms with van der Waals surface area (Å²) >= 11 is 1.29. The van der Waals surface area contributed by atoms with E-state index in [9.17, 15) is 0 Å². The summed E-state index contributed by atoms with van der Waals surface area (Å²) in [5.74, 6) is 0.535. The molecule has 0 unspecified atom stereocenters. The lowest BCUT2D eigenvalue weighted by Crippen LogP contribution is -2.13. The Bertz CT molecular complexity index is 739. The van der Waals surface area contributed by atoms with Gasteiger partial charge >= 0.3 is 0 Å². The first-order valence-corrected chi connectivity index (χ1v) is 6.72. The number of nitrogens with two attached hydrogens (primary N) is 1. The fraction of sp³-hybridized carbons (Fsp3) is 0.308. The number of hydrogen-bond acceptors (Lipinski definition) is 6. The minimum absolute atomic E-state index is 0.103. The molecule has 0 radical (unpaired) electrons. The predicted molar refractivity (Wildman–Crippen MR) is 76.0 cm³/mol. The van der Waals surface area contributed by atoms with E-state index >= 15 is 0 Å². The van der Waals surface area contributed by atoms with Gasteiger partial charge in [-0.2, -0.15) is 0 Å². The third-order valence-corrected chi connectivity index (χ3v) is 3.56. The Kier molecular flexibility index (Phi) is 2.56. The fourth-order valence-corrected chi connectivity index (χ4v) is 2.69. The van der Waals surface area contributed by atoms with Crippen LogP contribution in [-0.2, 0) is 5.41 Å². The van der Waals surface area contributed by atoms with E-state index in [1.165, 1.54) is 11.5 Å². The molecule has 5 nitrogen and oxygen atoms in total. The van der Waals surface area contributed by atoms with E-state index in [4.69, 9.17) is 10.2 Å². The Balaban J connectivity index is 2.21. The molecule has 0 aliphatic heterocycles. The molecule has 2 N–H and O–H groups in total. The first-order chi connectivity index (χ1) is 8.97. The minimum Gasteiger partial charge on any atom is -0.435 e. The van der Waals surface area contributed by atoms with Gasteiger partial charge in [-0.3, -0.25) is 0 Å². The van der Waals surface area contributed by atoms with Crippen molar-refractivity contribution in [1.82, 2.24) is 14.6 Å². The second-order valence-electron chi connectivity index (χ2n) is 5.41. The van der Waals surface area contributed by atoms with Crippen molar-refractivity contribution < 1.29 is 4.42 Å². The zero-order chi connectivity index (χ0) is 13.6. The molecule has 0 saturated carbocycles. The Morgan fingerprint density at radius 1 is 1.26 bits per heavy atom. The number of hydrogen-bond donors (Lipinski definition) is 1. The highest BCUT2D eigenvalue weighted by Crippen LogP contribution is 2.35. The van der Waals surface area contributed by atoms with Crippen molar-refractivity contribution >= 4 is 28.3 Å². The molecule has 0 saturated heterocycles. The highest BCUT2D eigenvalue weighted by atomic mass is 32.1. The third-order valence-electron chi connectivity index (χ3n) is 2.84. The number of nitrogen functional groups attached to an aromatic ring is 1. The van der Waals surface area contributed by atoms with Crippen molar-refractivity contribution in [3.8, 4) is 10.8 Å². The average Bonchev–Trinajstić information content (AvgIpc) is 2.94. The highest BCUT2D eigenvalue weighted by molar-refractivity contribution is 7.09. The van der Waals surface area contributed by atoms with Gasteiger partial charge in [0.15, 0.2) is 5.58 Å². The van der Waals surface area contributed by atoms with E-state index in [0.717, 1.165) is 10.6 Å². The first kappa shape index (κ1) is 12.1. The zero-order valence-electron chi connectivity index (χ0n) is 11.0. The van der Waals surface area contributed by atoms with E-state index in [2.05, 4.69) is 35.3 Å². The van der Waals surface area contributed by atoms with Gasteiger partial charge in [-0.25, -0.2) is 4.98 Å². The summed E-state index contributed by atoms with van der Waals surface area (Å²) in [5, 5.41) is 4.19. The van der Waals surface area contributed by atoms with Crippen LogP contribution in [-0.4, -0.2) is 14.6 Å². The molecule has 0 bridgehead atoms. The van der Waals surface area contributed by atoms with Crippen LogP contribution in [0.5, 0.6) is 0 Å². The SMILES string of the molecule is CC(C)(C)c1nnsc1-c1nc2c(N)cccc2o1. The van der Waals surface area contributed by atoms with E-state index < -0.39 is 0 Å². The molecule has 0 amide bonds. The Morgan fingerprint density at radius 3 is 2.74 bits per heavy atom. The molecular formula is C13H14N4OS. The molecule has 3 rings (SSSR count). The Labute approximate surface area is 114 Å². The van der Waals surface area contributed by atoms with Gasteiger partial charge in [-0.05, 0) is 23.7 Å². The van der Waals surface area contributed by atoms with Crippen molar-refractivity contribution in [3.05, 3.63) is 23.9 Å². The van der Waals surface area contributed by atoms with Crippen molar-refractivity contribution in [2.24, 2.45) is 0 Å². The zero-order valence-corrected chi connectivity index (χ0v) is 11.8. The van der Waals surface area contributed by atoms with E-state index in [1.54, 1.807) is 0 Å². The van der Waals surface area contributed by atoms with Gasteiger partial charge in [0.25, 0.3) is 0 Å². The number of nitrogens with zero attached hydrogens (tertiary/aromatic N) is 3. The molecule has 1 aromatic carbocycles. The van der Waals surface area contributed by atoms with E-state index in [1.807, 2.05) is 18.2 Å². The Morgan fingerprint density at radius 2 is 2.05 bits per heavy atom. The molecule has 98 valence electrons. The number of aromatic nitrogens is 3. The predicted octanol–water partition coefficient (Wildman–Crippen LogP) is 3.23. The van der Waals surface area contributed by atoms with Crippen molar-refractivity contribution in [3.63, 3.8) is 0 Å². The lowest BCUT2D eigenvalue weighted by atomic mass is 9.91. The van der Waals surface area contributed by atoms with E-state index in [0.29, 0.717) is 22.7 Å². The molecule has 2 aromatic heterocycles. The molecule has 3 aromatic rings. The quantitative estimate of drug-likeness (QED) is 0.689. The van der Waals surface area contributed by atoms with Crippen LogP contribution >= 0.6 is 11.5 Å². The van der Waals surface area contributed by atoms with Gasteiger partial charge in [0.1, 0.15) is 10.4 Å². The second-order valence-corrected chi connectivity index (χ2v) is 6.17. The molecule has 0 aliphatic carbocycles.